The molecule has 0 unspecified atom stereocenters. The maximum Gasteiger partial charge on any atom is 0.261 e. The number of hydrogen-bond donors (Lipinski definition) is 1. The van der Waals surface area contributed by atoms with E-state index in [0.717, 1.165) is 0 Å². The minimum Gasteiger partial charge on any atom is -0.496 e. The molecule has 0 bridgehead atoms. The summed E-state index contributed by atoms with van der Waals surface area (Å²) >= 11 is 0. The number of imide groups is 1. The molecule has 0 aromatic heterocycles. The van der Waals surface area contributed by atoms with Crippen molar-refractivity contribution < 1.29 is 23.8 Å². The molecule has 146 valence electrons. The molecule has 0 fully saturated rings. The quantitative estimate of drug-likeness (QED) is 0.343. The zero-order valence-electron chi connectivity index (χ0n) is 16.1. The number of methoxy groups -OCH3 is 1. The lowest BCUT2D eigenvalue weighted by Gasteiger charge is -2.27. The lowest BCUT2D eigenvalue weighted by Crippen LogP contribution is -2.40. The SMILES string of the molecule is C=C(C)C(=N)OCCOc1ccc2c3c(ccc(OC)c13)C(=O)N(CC)C2=O. The van der Waals surface area contributed by atoms with Gasteiger partial charge in [0.15, 0.2) is 0 Å². The second kappa shape index (κ2) is 7.72. The summed E-state index contributed by atoms with van der Waals surface area (Å²) in [5, 5.41) is 8.72. The number of hydrogen-bond acceptors (Lipinski definition) is 6. The van der Waals surface area contributed by atoms with Gasteiger partial charge in [0.2, 0.25) is 5.90 Å². The minimum atomic E-state index is -0.331. The highest BCUT2D eigenvalue weighted by molar-refractivity contribution is 6.26. The molecule has 0 radical (unpaired) electrons. The fraction of sp³-hybridized carbons (Fsp3) is 0.286. The molecular formula is C21H22N2O5. The molecule has 3 rings (SSSR count). The van der Waals surface area contributed by atoms with Crippen molar-refractivity contribution in [3.8, 4) is 11.5 Å². The molecule has 2 aromatic rings. The third-order valence-electron chi connectivity index (χ3n) is 4.55. The summed E-state index contributed by atoms with van der Waals surface area (Å²) in [7, 11) is 1.52. The van der Waals surface area contributed by atoms with E-state index in [0.29, 0.717) is 45.5 Å². The van der Waals surface area contributed by atoms with E-state index in [2.05, 4.69) is 6.58 Å². The van der Waals surface area contributed by atoms with Gasteiger partial charge in [-0.25, -0.2) is 0 Å². The number of ether oxygens (including phenoxy) is 3. The Balaban J connectivity index is 2.00. The van der Waals surface area contributed by atoms with Crippen LogP contribution in [-0.2, 0) is 4.74 Å². The summed E-state index contributed by atoms with van der Waals surface area (Å²) in [6.45, 7) is 7.74. The van der Waals surface area contributed by atoms with E-state index < -0.39 is 0 Å². The molecule has 7 heteroatoms. The fourth-order valence-electron chi connectivity index (χ4n) is 3.17. The molecule has 1 aliphatic rings. The molecule has 1 N–H and O–H groups in total. The van der Waals surface area contributed by atoms with E-state index in [1.165, 1.54) is 12.0 Å². The van der Waals surface area contributed by atoms with Gasteiger partial charge in [0.25, 0.3) is 11.8 Å². The van der Waals surface area contributed by atoms with Crippen molar-refractivity contribution in [1.29, 1.82) is 5.41 Å². The van der Waals surface area contributed by atoms with Gasteiger partial charge in [-0.05, 0) is 38.1 Å². The first-order chi connectivity index (χ1) is 13.4. The summed E-state index contributed by atoms with van der Waals surface area (Å²) in [6.07, 6.45) is 0. The van der Waals surface area contributed by atoms with Gasteiger partial charge in [-0.1, -0.05) is 6.58 Å². The zero-order chi connectivity index (χ0) is 20.4. The van der Waals surface area contributed by atoms with Gasteiger partial charge >= 0.3 is 0 Å². The molecule has 0 saturated heterocycles. The van der Waals surface area contributed by atoms with E-state index in [1.807, 2.05) is 0 Å². The Labute approximate surface area is 163 Å². The highest BCUT2D eigenvalue weighted by Crippen LogP contribution is 2.40. The van der Waals surface area contributed by atoms with E-state index >= 15 is 0 Å². The third-order valence-corrected chi connectivity index (χ3v) is 4.55. The van der Waals surface area contributed by atoms with Crippen molar-refractivity contribution in [2.75, 3.05) is 26.9 Å². The first-order valence-corrected chi connectivity index (χ1v) is 8.90. The average Bonchev–Trinajstić information content (AvgIpc) is 2.69. The summed E-state index contributed by atoms with van der Waals surface area (Å²) in [5.41, 5.74) is 1.41. The highest BCUT2D eigenvalue weighted by atomic mass is 16.5. The molecule has 0 aliphatic carbocycles. The van der Waals surface area contributed by atoms with Crippen LogP contribution < -0.4 is 9.47 Å². The summed E-state index contributed by atoms with van der Waals surface area (Å²) in [4.78, 5) is 26.7. The first-order valence-electron chi connectivity index (χ1n) is 8.90. The lowest BCUT2D eigenvalue weighted by atomic mass is 9.93. The Hall–Kier alpha value is -3.35. The highest BCUT2D eigenvalue weighted by Gasteiger charge is 2.33. The van der Waals surface area contributed by atoms with Crippen molar-refractivity contribution in [1.82, 2.24) is 4.90 Å². The van der Waals surface area contributed by atoms with Crippen LogP contribution in [0.15, 0.2) is 36.4 Å². The molecular weight excluding hydrogens is 360 g/mol. The van der Waals surface area contributed by atoms with E-state index in [4.69, 9.17) is 19.6 Å². The molecule has 0 saturated carbocycles. The number of amides is 2. The number of rotatable bonds is 7. The normalized spacial score (nSPS) is 12.9. The number of carbonyl (C=O) groups is 2. The van der Waals surface area contributed by atoms with Gasteiger partial charge in [-0.15, -0.1) is 0 Å². The van der Waals surface area contributed by atoms with E-state index in [9.17, 15) is 9.59 Å². The Bertz CT molecular complexity index is 974. The molecule has 2 aromatic carbocycles. The molecule has 1 heterocycles. The summed E-state index contributed by atoms with van der Waals surface area (Å²) in [6, 6.07) is 6.72. The van der Waals surface area contributed by atoms with Crippen molar-refractivity contribution in [2.45, 2.75) is 13.8 Å². The molecule has 28 heavy (non-hydrogen) atoms. The summed E-state index contributed by atoms with van der Waals surface area (Å²) in [5.74, 6) is 0.338. The maximum atomic E-state index is 12.7. The monoisotopic (exact) mass is 382 g/mol. The lowest BCUT2D eigenvalue weighted by molar-refractivity contribution is 0.0619. The largest absolute Gasteiger partial charge is 0.496 e. The van der Waals surface area contributed by atoms with E-state index in [-0.39, 0.29) is 30.9 Å². The molecule has 7 nitrogen and oxygen atoms in total. The second-order valence-corrected chi connectivity index (χ2v) is 6.34. The Morgan fingerprint density at radius 2 is 1.64 bits per heavy atom. The molecule has 0 spiro atoms. The fourth-order valence-corrected chi connectivity index (χ4v) is 3.17. The van der Waals surface area contributed by atoms with Crippen LogP contribution in [0.1, 0.15) is 34.6 Å². The number of nitrogens with zero attached hydrogens (tertiary/aromatic N) is 1. The van der Waals surface area contributed by atoms with Crippen LogP contribution in [0.4, 0.5) is 0 Å². The van der Waals surface area contributed by atoms with Gasteiger partial charge in [-0.3, -0.25) is 19.9 Å². The van der Waals surface area contributed by atoms with Crippen molar-refractivity contribution in [3.05, 3.63) is 47.5 Å². The van der Waals surface area contributed by atoms with Crippen molar-refractivity contribution in [2.24, 2.45) is 0 Å². The molecule has 0 atom stereocenters. The predicted octanol–water partition coefficient (Wildman–Crippen LogP) is 3.41. The van der Waals surface area contributed by atoms with Crippen LogP contribution in [-0.4, -0.2) is 49.5 Å². The van der Waals surface area contributed by atoms with Crippen LogP contribution in [0.25, 0.3) is 10.8 Å². The van der Waals surface area contributed by atoms with Crippen molar-refractivity contribution >= 4 is 28.5 Å². The van der Waals surface area contributed by atoms with Crippen LogP contribution in [0.5, 0.6) is 11.5 Å². The van der Waals surface area contributed by atoms with Crippen LogP contribution in [0.2, 0.25) is 0 Å². The number of carbonyl (C=O) groups excluding carboxylic acids is 2. The van der Waals surface area contributed by atoms with Crippen LogP contribution in [0, 0.1) is 5.41 Å². The average molecular weight is 382 g/mol. The molecule has 1 aliphatic heterocycles. The van der Waals surface area contributed by atoms with Gasteiger partial charge in [0.05, 0.1) is 12.5 Å². The Morgan fingerprint density at radius 1 is 1.04 bits per heavy atom. The van der Waals surface area contributed by atoms with Gasteiger partial charge in [0.1, 0.15) is 24.7 Å². The van der Waals surface area contributed by atoms with Gasteiger partial charge in [-0.2, -0.15) is 0 Å². The topological polar surface area (TPSA) is 88.9 Å². The van der Waals surface area contributed by atoms with Gasteiger partial charge in [0, 0.05) is 28.6 Å². The Kier molecular flexibility index (Phi) is 5.35. The standard InChI is InChI=1S/C21H22N2O5/c1-5-23-20(24)13-6-8-15(26-4)18-16(9-7-14(17(13)18)21(23)25)27-10-11-28-19(22)12(2)3/h6-9,22H,2,5,10-11H2,1,3-4H3. The van der Waals surface area contributed by atoms with Gasteiger partial charge < -0.3 is 14.2 Å². The number of nitrogens with one attached hydrogen (secondary N) is 1. The maximum absolute atomic E-state index is 12.7. The van der Waals surface area contributed by atoms with E-state index in [1.54, 1.807) is 38.1 Å². The zero-order valence-corrected chi connectivity index (χ0v) is 16.1. The minimum absolute atomic E-state index is 0.00827. The molecule has 2 amide bonds. The van der Waals surface area contributed by atoms with Crippen LogP contribution >= 0.6 is 0 Å². The Morgan fingerprint density at radius 3 is 2.18 bits per heavy atom. The first kappa shape index (κ1) is 19.4. The second-order valence-electron chi connectivity index (χ2n) is 6.34. The third kappa shape index (κ3) is 3.19. The summed E-state index contributed by atoms with van der Waals surface area (Å²) < 4.78 is 16.5. The predicted molar refractivity (Wildman–Crippen MR) is 106 cm³/mol. The van der Waals surface area contributed by atoms with Crippen molar-refractivity contribution in [3.63, 3.8) is 0 Å². The smallest absolute Gasteiger partial charge is 0.261 e. The number of benzene rings is 2. The van der Waals surface area contributed by atoms with Crippen LogP contribution in [0.3, 0.4) is 0 Å².